The van der Waals surface area contributed by atoms with E-state index in [1.807, 2.05) is 36.7 Å². The minimum atomic E-state index is -0.0954. The Labute approximate surface area is 182 Å². The fourth-order valence-corrected chi connectivity index (χ4v) is 4.18. The molecule has 31 heavy (non-hydrogen) atoms. The third kappa shape index (κ3) is 4.69. The molecule has 3 heterocycles. The van der Waals surface area contributed by atoms with Gasteiger partial charge in [-0.25, -0.2) is 9.97 Å². The molecule has 2 N–H and O–H groups in total. The molecule has 0 spiro atoms. The third-order valence-electron chi connectivity index (χ3n) is 5.76. The van der Waals surface area contributed by atoms with E-state index in [0.717, 1.165) is 23.3 Å². The SMILES string of the molecule is CC(C)Nc1cc(-n2ccc3cc(C#N)cnc32)ncc1C(=O)NCC1CCCCC1. The zero-order chi connectivity index (χ0) is 21.8. The summed E-state index contributed by atoms with van der Waals surface area (Å²) in [7, 11) is 0. The Kier molecular flexibility index (Phi) is 6.17. The molecule has 1 fully saturated rings. The summed E-state index contributed by atoms with van der Waals surface area (Å²) >= 11 is 0. The number of anilines is 1. The lowest BCUT2D eigenvalue weighted by atomic mass is 9.89. The van der Waals surface area contributed by atoms with Crippen molar-refractivity contribution >= 4 is 22.6 Å². The molecule has 3 aromatic heterocycles. The van der Waals surface area contributed by atoms with Crippen LogP contribution >= 0.6 is 0 Å². The van der Waals surface area contributed by atoms with E-state index in [4.69, 9.17) is 5.26 Å². The first-order valence-corrected chi connectivity index (χ1v) is 11.0. The van der Waals surface area contributed by atoms with E-state index in [0.29, 0.717) is 22.9 Å². The van der Waals surface area contributed by atoms with Crippen LogP contribution in [0.4, 0.5) is 5.69 Å². The molecule has 7 nitrogen and oxygen atoms in total. The Bertz CT molecular complexity index is 1120. The van der Waals surface area contributed by atoms with Gasteiger partial charge in [-0.05, 0) is 44.7 Å². The summed E-state index contributed by atoms with van der Waals surface area (Å²) in [6.45, 7) is 4.80. The second-order valence-electron chi connectivity index (χ2n) is 8.54. The minimum Gasteiger partial charge on any atom is -0.382 e. The summed E-state index contributed by atoms with van der Waals surface area (Å²) in [5, 5.41) is 16.5. The van der Waals surface area contributed by atoms with Gasteiger partial charge in [0.15, 0.2) is 0 Å². The number of fused-ring (bicyclic) bond motifs is 1. The zero-order valence-electron chi connectivity index (χ0n) is 18.1. The van der Waals surface area contributed by atoms with Crippen LogP contribution in [0.5, 0.6) is 0 Å². The van der Waals surface area contributed by atoms with Crippen LogP contribution in [-0.4, -0.2) is 33.0 Å². The standard InChI is InChI=1S/C24H28N6O/c1-16(2)29-21-11-22(30-9-8-19-10-18(12-25)14-27-23(19)30)26-15-20(21)24(31)28-13-17-6-4-3-5-7-17/h8-11,14-17H,3-7,13H2,1-2H3,(H,26,29)(H,28,31). The Morgan fingerprint density at radius 3 is 2.77 bits per heavy atom. The van der Waals surface area contributed by atoms with Gasteiger partial charge in [-0.15, -0.1) is 0 Å². The monoisotopic (exact) mass is 416 g/mol. The summed E-state index contributed by atoms with van der Waals surface area (Å²) in [4.78, 5) is 21.9. The number of nitrogens with zero attached hydrogens (tertiary/aromatic N) is 4. The van der Waals surface area contributed by atoms with Crippen molar-refractivity contribution in [3.63, 3.8) is 0 Å². The number of pyridine rings is 2. The normalized spacial score (nSPS) is 14.5. The van der Waals surface area contributed by atoms with Crippen molar-refractivity contribution < 1.29 is 4.79 Å². The van der Waals surface area contributed by atoms with Gasteiger partial charge >= 0.3 is 0 Å². The topological polar surface area (TPSA) is 95.6 Å². The van der Waals surface area contributed by atoms with E-state index >= 15 is 0 Å². The molecule has 0 saturated heterocycles. The van der Waals surface area contributed by atoms with Crippen molar-refractivity contribution in [1.82, 2.24) is 19.9 Å². The number of nitrogens with one attached hydrogen (secondary N) is 2. The molecule has 1 amide bonds. The van der Waals surface area contributed by atoms with Gasteiger partial charge in [-0.2, -0.15) is 5.26 Å². The highest BCUT2D eigenvalue weighted by molar-refractivity contribution is 5.99. The molecule has 1 aliphatic carbocycles. The maximum atomic E-state index is 12.9. The lowest BCUT2D eigenvalue weighted by Crippen LogP contribution is -2.31. The number of carbonyl (C=O) groups is 1. The van der Waals surface area contributed by atoms with Gasteiger partial charge in [0, 0.05) is 42.6 Å². The van der Waals surface area contributed by atoms with Crippen LogP contribution in [0.2, 0.25) is 0 Å². The van der Waals surface area contributed by atoms with Gasteiger partial charge in [-0.1, -0.05) is 19.3 Å². The summed E-state index contributed by atoms with van der Waals surface area (Å²) in [5.74, 6) is 1.14. The smallest absolute Gasteiger partial charge is 0.254 e. The molecule has 7 heteroatoms. The van der Waals surface area contributed by atoms with E-state index in [-0.39, 0.29) is 11.9 Å². The molecule has 0 atom stereocenters. The average Bonchev–Trinajstić information content (AvgIpc) is 3.21. The summed E-state index contributed by atoms with van der Waals surface area (Å²) in [6.07, 6.45) is 11.3. The van der Waals surface area contributed by atoms with Crippen LogP contribution in [0.25, 0.3) is 16.9 Å². The van der Waals surface area contributed by atoms with Gasteiger partial charge in [0.1, 0.15) is 17.5 Å². The largest absolute Gasteiger partial charge is 0.382 e. The predicted molar refractivity (Wildman–Crippen MR) is 121 cm³/mol. The van der Waals surface area contributed by atoms with Crippen LogP contribution < -0.4 is 10.6 Å². The van der Waals surface area contributed by atoms with Crippen molar-refractivity contribution in [2.24, 2.45) is 5.92 Å². The molecule has 1 saturated carbocycles. The summed E-state index contributed by atoms with van der Waals surface area (Å²) < 4.78 is 1.87. The van der Waals surface area contributed by atoms with E-state index in [9.17, 15) is 4.79 Å². The number of rotatable bonds is 6. The van der Waals surface area contributed by atoms with Crippen molar-refractivity contribution in [3.8, 4) is 11.9 Å². The Hall–Kier alpha value is -3.40. The van der Waals surface area contributed by atoms with Crippen LogP contribution in [-0.2, 0) is 0 Å². The molecule has 0 radical (unpaired) electrons. The number of carbonyl (C=O) groups excluding carboxylic acids is 1. The number of hydrogen-bond donors (Lipinski definition) is 2. The van der Waals surface area contributed by atoms with Crippen molar-refractivity contribution in [2.45, 2.75) is 52.0 Å². The second kappa shape index (κ2) is 9.17. The summed E-state index contributed by atoms with van der Waals surface area (Å²) in [6, 6.07) is 7.87. The fourth-order valence-electron chi connectivity index (χ4n) is 4.18. The van der Waals surface area contributed by atoms with Crippen LogP contribution in [0.15, 0.2) is 36.8 Å². The van der Waals surface area contributed by atoms with Gasteiger partial charge < -0.3 is 10.6 Å². The predicted octanol–water partition coefficient (Wildman–Crippen LogP) is 4.42. The van der Waals surface area contributed by atoms with Gasteiger partial charge in [0.25, 0.3) is 5.91 Å². The molecular weight excluding hydrogens is 388 g/mol. The first-order chi connectivity index (χ1) is 15.0. The lowest BCUT2D eigenvalue weighted by Gasteiger charge is -2.22. The van der Waals surface area contributed by atoms with Crippen molar-refractivity contribution in [2.75, 3.05) is 11.9 Å². The van der Waals surface area contributed by atoms with E-state index < -0.39 is 0 Å². The number of nitriles is 1. The molecule has 0 aliphatic heterocycles. The van der Waals surface area contributed by atoms with Crippen molar-refractivity contribution in [3.05, 3.63) is 47.9 Å². The quantitative estimate of drug-likeness (QED) is 0.620. The average molecular weight is 417 g/mol. The van der Waals surface area contributed by atoms with Crippen LogP contribution in [0, 0.1) is 17.2 Å². The minimum absolute atomic E-state index is 0.0954. The van der Waals surface area contributed by atoms with E-state index in [1.54, 1.807) is 18.5 Å². The van der Waals surface area contributed by atoms with Crippen molar-refractivity contribution in [1.29, 1.82) is 5.26 Å². The fraction of sp³-hybridized carbons (Fsp3) is 0.417. The molecule has 0 unspecified atom stereocenters. The van der Waals surface area contributed by atoms with Crippen LogP contribution in [0.1, 0.15) is 61.9 Å². The summed E-state index contributed by atoms with van der Waals surface area (Å²) in [5.41, 5.74) is 2.53. The molecule has 1 aliphatic rings. The molecule has 3 aromatic rings. The van der Waals surface area contributed by atoms with Gasteiger partial charge in [0.2, 0.25) is 0 Å². The zero-order valence-corrected chi connectivity index (χ0v) is 18.1. The first-order valence-electron chi connectivity index (χ1n) is 11.0. The highest BCUT2D eigenvalue weighted by Gasteiger charge is 2.18. The maximum absolute atomic E-state index is 12.9. The highest BCUT2D eigenvalue weighted by Crippen LogP contribution is 2.25. The van der Waals surface area contributed by atoms with E-state index in [1.165, 1.54) is 32.1 Å². The molecule has 4 rings (SSSR count). The lowest BCUT2D eigenvalue weighted by molar-refractivity contribution is 0.0944. The Balaban J connectivity index is 1.61. The molecule has 0 aromatic carbocycles. The number of hydrogen-bond acceptors (Lipinski definition) is 5. The Morgan fingerprint density at radius 2 is 2.03 bits per heavy atom. The molecular formula is C24H28N6O. The van der Waals surface area contributed by atoms with E-state index in [2.05, 4.69) is 26.7 Å². The van der Waals surface area contributed by atoms with Gasteiger partial charge in [0.05, 0.1) is 16.8 Å². The third-order valence-corrected chi connectivity index (χ3v) is 5.76. The number of amides is 1. The maximum Gasteiger partial charge on any atom is 0.254 e. The molecule has 160 valence electrons. The number of aromatic nitrogens is 3. The van der Waals surface area contributed by atoms with Gasteiger partial charge in [-0.3, -0.25) is 9.36 Å². The van der Waals surface area contributed by atoms with Crippen LogP contribution in [0.3, 0.4) is 0 Å². The highest BCUT2D eigenvalue weighted by atomic mass is 16.1. The Morgan fingerprint density at radius 1 is 1.23 bits per heavy atom. The second-order valence-corrected chi connectivity index (χ2v) is 8.54. The first kappa shape index (κ1) is 20.9. The molecule has 0 bridgehead atoms.